The van der Waals surface area contributed by atoms with Crippen LogP contribution in [0.5, 0.6) is 0 Å². The highest BCUT2D eigenvalue weighted by Gasteiger charge is 2.34. The minimum absolute atomic E-state index is 0.140. The van der Waals surface area contributed by atoms with E-state index in [1.165, 1.54) is 24.8 Å². The minimum Gasteiger partial charge on any atom is -0.310 e. The summed E-state index contributed by atoms with van der Waals surface area (Å²) in [4.78, 5) is 16.1. The monoisotopic (exact) mass is 445 g/mol. The van der Waals surface area contributed by atoms with Gasteiger partial charge < -0.3 is 13.9 Å². The SMILES string of the molecule is O=c1c2cccn2c2ccccc2n1C1CCC(N2CCC(c3ccc(Cl)cc3)CC2)C1. The molecule has 1 aliphatic carbocycles. The maximum atomic E-state index is 13.4. The average Bonchev–Trinajstić information content (AvgIpc) is 3.51. The summed E-state index contributed by atoms with van der Waals surface area (Å²) in [6.07, 6.45) is 7.69. The van der Waals surface area contributed by atoms with E-state index in [0.29, 0.717) is 12.0 Å². The zero-order valence-electron chi connectivity index (χ0n) is 18.2. The molecule has 4 aromatic rings. The van der Waals surface area contributed by atoms with Gasteiger partial charge in [0.15, 0.2) is 0 Å². The lowest BCUT2D eigenvalue weighted by atomic mass is 9.89. The standard InChI is InChI=1S/C27H28ClN3O/c28-21-9-7-19(8-10-21)20-13-16-29(17-14-20)22-11-12-23(18-22)31-25-5-2-1-4-24(25)30-15-3-6-26(30)27(31)32/h1-10,15,20,22-23H,11-14,16-18H2. The third kappa shape index (κ3) is 3.37. The molecule has 1 saturated heterocycles. The number of fused-ring (bicyclic) bond motifs is 3. The van der Waals surface area contributed by atoms with Crippen LogP contribution >= 0.6 is 11.6 Å². The molecule has 6 rings (SSSR count). The van der Waals surface area contributed by atoms with Crippen LogP contribution in [0.2, 0.25) is 5.02 Å². The summed E-state index contributed by atoms with van der Waals surface area (Å²) in [5.41, 5.74) is 4.49. The number of nitrogens with zero attached hydrogens (tertiary/aromatic N) is 3. The third-order valence-corrected chi connectivity index (χ3v) is 7.97. The van der Waals surface area contributed by atoms with Gasteiger partial charge in [0, 0.05) is 23.3 Å². The Morgan fingerprint density at radius 1 is 0.750 bits per heavy atom. The Morgan fingerprint density at radius 3 is 2.22 bits per heavy atom. The summed E-state index contributed by atoms with van der Waals surface area (Å²) in [7, 11) is 0. The Balaban J connectivity index is 1.22. The van der Waals surface area contributed by atoms with Crippen molar-refractivity contribution in [2.24, 2.45) is 0 Å². The Morgan fingerprint density at radius 2 is 1.44 bits per heavy atom. The average molecular weight is 446 g/mol. The van der Waals surface area contributed by atoms with Crippen molar-refractivity contribution in [1.29, 1.82) is 0 Å². The molecule has 0 radical (unpaired) electrons. The Bertz CT molecular complexity index is 1310. The Labute approximate surface area is 193 Å². The highest BCUT2D eigenvalue weighted by Crippen LogP contribution is 2.37. The molecular formula is C27H28ClN3O. The molecule has 2 aromatic heterocycles. The van der Waals surface area contributed by atoms with Crippen molar-refractivity contribution in [1.82, 2.24) is 13.9 Å². The quantitative estimate of drug-likeness (QED) is 0.394. The van der Waals surface area contributed by atoms with Gasteiger partial charge in [-0.05, 0) is 93.1 Å². The topological polar surface area (TPSA) is 29.6 Å². The molecule has 2 unspecified atom stereocenters. The van der Waals surface area contributed by atoms with Gasteiger partial charge in [0.2, 0.25) is 0 Å². The highest BCUT2D eigenvalue weighted by molar-refractivity contribution is 6.30. The minimum atomic E-state index is 0.140. The lowest BCUT2D eigenvalue weighted by Crippen LogP contribution is -2.40. The Kier molecular flexibility index (Phi) is 5.08. The summed E-state index contributed by atoms with van der Waals surface area (Å²) in [6, 6.07) is 21.4. The molecule has 3 heterocycles. The number of rotatable bonds is 3. The van der Waals surface area contributed by atoms with Gasteiger partial charge in [-0.2, -0.15) is 0 Å². The second-order valence-electron chi connectivity index (χ2n) is 9.41. The van der Waals surface area contributed by atoms with Crippen LogP contribution in [0.1, 0.15) is 49.6 Å². The molecule has 2 atom stereocenters. The third-order valence-electron chi connectivity index (χ3n) is 7.72. The van der Waals surface area contributed by atoms with Crippen molar-refractivity contribution in [2.45, 2.75) is 50.1 Å². The summed E-state index contributed by atoms with van der Waals surface area (Å²) in [5.74, 6) is 0.629. The van der Waals surface area contributed by atoms with E-state index in [2.05, 4.69) is 39.8 Å². The predicted molar refractivity (Wildman–Crippen MR) is 131 cm³/mol. The van der Waals surface area contributed by atoms with Gasteiger partial charge >= 0.3 is 0 Å². The number of halogens is 1. The maximum Gasteiger partial charge on any atom is 0.275 e. The van der Waals surface area contributed by atoms with Gasteiger partial charge in [-0.3, -0.25) is 4.79 Å². The molecule has 0 N–H and O–H groups in total. The smallest absolute Gasteiger partial charge is 0.275 e. The first kappa shape index (κ1) is 20.1. The van der Waals surface area contributed by atoms with Gasteiger partial charge in [0.05, 0.1) is 11.0 Å². The number of hydrogen-bond acceptors (Lipinski definition) is 2. The molecule has 164 valence electrons. The summed E-state index contributed by atoms with van der Waals surface area (Å²) >= 11 is 6.06. The van der Waals surface area contributed by atoms with E-state index in [1.807, 2.05) is 40.9 Å². The second kappa shape index (κ2) is 8.09. The van der Waals surface area contributed by atoms with Gasteiger partial charge in [-0.25, -0.2) is 0 Å². The number of benzene rings is 2. The molecule has 0 bridgehead atoms. The van der Waals surface area contributed by atoms with E-state index < -0.39 is 0 Å². The largest absolute Gasteiger partial charge is 0.310 e. The number of likely N-dealkylation sites (tertiary alicyclic amines) is 1. The van der Waals surface area contributed by atoms with Gasteiger partial charge in [-0.15, -0.1) is 0 Å². The number of piperidine rings is 1. The van der Waals surface area contributed by atoms with Crippen LogP contribution < -0.4 is 5.56 Å². The van der Waals surface area contributed by atoms with Crippen molar-refractivity contribution in [3.05, 3.63) is 87.8 Å². The summed E-state index contributed by atoms with van der Waals surface area (Å²) < 4.78 is 4.12. The van der Waals surface area contributed by atoms with Crippen molar-refractivity contribution in [3.63, 3.8) is 0 Å². The predicted octanol–water partition coefficient (Wildman–Crippen LogP) is 5.88. The van der Waals surface area contributed by atoms with Gasteiger partial charge in [-0.1, -0.05) is 35.9 Å². The van der Waals surface area contributed by atoms with E-state index >= 15 is 0 Å². The van der Waals surface area contributed by atoms with E-state index in [-0.39, 0.29) is 11.6 Å². The lowest BCUT2D eigenvalue weighted by molar-refractivity contribution is 0.151. The Hall–Kier alpha value is -2.56. The first-order chi connectivity index (χ1) is 15.7. The number of hydrogen-bond donors (Lipinski definition) is 0. The van der Waals surface area contributed by atoms with Gasteiger partial charge in [0.25, 0.3) is 5.56 Å². The molecule has 0 amide bonds. The normalized spacial score (nSPS) is 22.8. The lowest BCUT2D eigenvalue weighted by Gasteiger charge is -2.36. The van der Waals surface area contributed by atoms with E-state index in [4.69, 9.17) is 11.6 Å². The van der Waals surface area contributed by atoms with Crippen LogP contribution in [0.25, 0.3) is 16.6 Å². The van der Waals surface area contributed by atoms with E-state index in [0.717, 1.165) is 47.5 Å². The van der Waals surface area contributed by atoms with Crippen molar-refractivity contribution in [3.8, 4) is 0 Å². The molecular weight excluding hydrogens is 418 g/mol. The molecule has 0 spiro atoms. The van der Waals surface area contributed by atoms with Crippen LogP contribution in [0.3, 0.4) is 0 Å². The first-order valence-electron chi connectivity index (χ1n) is 11.8. The van der Waals surface area contributed by atoms with Crippen LogP contribution in [-0.4, -0.2) is 33.0 Å². The number of aromatic nitrogens is 2. The fraction of sp³-hybridized carbons (Fsp3) is 0.370. The molecule has 2 aliphatic rings. The van der Waals surface area contributed by atoms with Crippen molar-refractivity contribution >= 4 is 28.2 Å². The highest BCUT2D eigenvalue weighted by atomic mass is 35.5. The molecule has 5 heteroatoms. The summed E-state index contributed by atoms with van der Waals surface area (Å²) in [6.45, 7) is 2.27. The van der Waals surface area contributed by atoms with Gasteiger partial charge in [0.1, 0.15) is 5.52 Å². The fourth-order valence-electron chi connectivity index (χ4n) is 6.07. The molecule has 4 nitrogen and oxygen atoms in total. The van der Waals surface area contributed by atoms with Crippen LogP contribution in [0.15, 0.2) is 71.7 Å². The molecule has 1 aliphatic heterocycles. The van der Waals surface area contributed by atoms with E-state index in [9.17, 15) is 4.79 Å². The van der Waals surface area contributed by atoms with Crippen molar-refractivity contribution < 1.29 is 0 Å². The van der Waals surface area contributed by atoms with Crippen molar-refractivity contribution in [2.75, 3.05) is 13.1 Å². The molecule has 32 heavy (non-hydrogen) atoms. The molecule has 1 saturated carbocycles. The van der Waals surface area contributed by atoms with Crippen LogP contribution in [-0.2, 0) is 0 Å². The fourth-order valence-corrected chi connectivity index (χ4v) is 6.19. The second-order valence-corrected chi connectivity index (χ2v) is 9.85. The first-order valence-corrected chi connectivity index (χ1v) is 12.2. The zero-order chi connectivity index (χ0) is 21.7. The molecule has 2 aromatic carbocycles. The zero-order valence-corrected chi connectivity index (χ0v) is 18.9. The van der Waals surface area contributed by atoms with Crippen LogP contribution in [0, 0.1) is 0 Å². The van der Waals surface area contributed by atoms with E-state index in [1.54, 1.807) is 0 Å². The molecule has 2 fully saturated rings. The summed E-state index contributed by atoms with van der Waals surface area (Å²) in [5, 5.41) is 0.810. The maximum absolute atomic E-state index is 13.4. The van der Waals surface area contributed by atoms with Crippen LogP contribution in [0.4, 0.5) is 0 Å². The number of para-hydroxylation sites is 2.